The van der Waals surface area contributed by atoms with Gasteiger partial charge in [0.2, 0.25) is 0 Å². The quantitative estimate of drug-likeness (QED) is 0.502. The van der Waals surface area contributed by atoms with Gasteiger partial charge in [0.1, 0.15) is 0 Å². The standard InChI is InChI=1S/C10H21N3O5S/c14-8-7-11-3-5-12(6-4-11)13-2-1-9(15)10(13)19(16,17)18/h9-10,14-15H,1-8H2,(H,16,17,18)/t9?,10-/m1/s1. The summed E-state index contributed by atoms with van der Waals surface area (Å²) in [5, 5.41) is 20.7. The van der Waals surface area contributed by atoms with E-state index in [-0.39, 0.29) is 6.61 Å². The average Bonchev–Trinajstić information content (AvgIpc) is 2.72. The van der Waals surface area contributed by atoms with Crippen LogP contribution in [0.2, 0.25) is 0 Å². The number of β-amino-alcohol motifs (C(OH)–C–C–N with tert-alkyl or cyclic N) is 1. The number of rotatable bonds is 4. The van der Waals surface area contributed by atoms with Crippen molar-refractivity contribution in [2.24, 2.45) is 0 Å². The molecular weight excluding hydrogens is 274 g/mol. The summed E-state index contributed by atoms with van der Waals surface area (Å²) in [5.74, 6) is 0. The van der Waals surface area contributed by atoms with E-state index in [2.05, 4.69) is 4.90 Å². The zero-order valence-corrected chi connectivity index (χ0v) is 11.5. The van der Waals surface area contributed by atoms with Crippen LogP contribution in [0, 0.1) is 0 Å². The molecule has 0 aromatic rings. The van der Waals surface area contributed by atoms with Crippen LogP contribution in [-0.2, 0) is 10.1 Å². The summed E-state index contributed by atoms with van der Waals surface area (Å²) in [6.07, 6.45) is -0.716. The van der Waals surface area contributed by atoms with Gasteiger partial charge >= 0.3 is 0 Å². The van der Waals surface area contributed by atoms with E-state index in [4.69, 9.17) is 5.11 Å². The van der Waals surface area contributed by atoms with Gasteiger partial charge in [0.15, 0.2) is 5.37 Å². The minimum atomic E-state index is -4.29. The van der Waals surface area contributed by atoms with E-state index in [1.807, 2.05) is 5.01 Å². The smallest absolute Gasteiger partial charge is 0.285 e. The van der Waals surface area contributed by atoms with E-state index >= 15 is 0 Å². The van der Waals surface area contributed by atoms with Crippen molar-refractivity contribution in [3.8, 4) is 0 Å². The summed E-state index contributed by atoms with van der Waals surface area (Å²) in [7, 11) is -4.29. The summed E-state index contributed by atoms with van der Waals surface area (Å²) in [6, 6.07) is 0. The molecule has 0 bridgehead atoms. The summed E-state index contributed by atoms with van der Waals surface area (Å²) in [4.78, 5) is 2.09. The molecule has 0 spiro atoms. The lowest BCUT2D eigenvalue weighted by Crippen LogP contribution is -2.57. The maximum atomic E-state index is 11.3. The SMILES string of the molecule is O=S(=O)(O)[C@@H]1C(O)CCN1N1CCN(CCO)CC1. The molecule has 0 aromatic heterocycles. The third-order valence-corrected chi connectivity index (χ3v) is 4.88. The van der Waals surface area contributed by atoms with E-state index in [1.165, 1.54) is 0 Å². The van der Waals surface area contributed by atoms with E-state index in [0.29, 0.717) is 32.6 Å². The van der Waals surface area contributed by atoms with Crippen LogP contribution >= 0.6 is 0 Å². The van der Waals surface area contributed by atoms with Crippen molar-refractivity contribution in [2.75, 3.05) is 45.9 Å². The first-order valence-corrected chi connectivity index (χ1v) is 7.93. The molecular formula is C10H21N3O5S. The Morgan fingerprint density at radius 1 is 1.11 bits per heavy atom. The maximum Gasteiger partial charge on any atom is 0.285 e. The van der Waals surface area contributed by atoms with Crippen molar-refractivity contribution in [3.63, 3.8) is 0 Å². The van der Waals surface area contributed by atoms with Gasteiger partial charge in [0.25, 0.3) is 10.1 Å². The summed E-state index contributed by atoms with van der Waals surface area (Å²) >= 11 is 0. The first kappa shape index (κ1) is 15.1. The Morgan fingerprint density at radius 3 is 2.26 bits per heavy atom. The molecule has 2 aliphatic heterocycles. The molecule has 112 valence electrons. The molecule has 2 atom stereocenters. The molecule has 2 saturated heterocycles. The third-order valence-electron chi connectivity index (χ3n) is 3.71. The minimum absolute atomic E-state index is 0.107. The lowest BCUT2D eigenvalue weighted by molar-refractivity contribution is -0.0613. The third kappa shape index (κ3) is 3.43. The Morgan fingerprint density at radius 2 is 1.74 bits per heavy atom. The van der Waals surface area contributed by atoms with Crippen molar-refractivity contribution in [1.29, 1.82) is 0 Å². The highest BCUT2D eigenvalue weighted by Gasteiger charge is 2.44. The number of hydrogen-bond acceptors (Lipinski definition) is 7. The van der Waals surface area contributed by atoms with Gasteiger partial charge in [-0.15, -0.1) is 0 Å². The Labute approximate surface area is 112 Å². The van der Waals surface area contributed by atoms with Gasteiger partial charge in [-0.2, -0.15) is 8.42 Å². The molecule has 19 heavy (non-hydrogen) atoms. The van der Waals surface area contributed by atoms with E-state index in [9.17, 15) is 18.1 Å². The monoisotopic (exact) mass is 295 g/mol. The molecule has 9 heteroatoms. The number of nitrogens with zero attached hydrogens (tertiary/aromatic N) is 3. The second-order valence-corrected chi connectivity index (χ2v) is 6.46. The summed E-state index contributed by atoms with van der Waals surface area (Å²) < 4.78 is 31.9. The van der Waals surface area contributed by atoms with Gasteiger partial charge in [0, 0.05) is 39.3 Å². The molecule has 2 heterocycles. The summed E-state index contributed by atoms with van der Waals surface area (Å²) in [6.45, 7) is 3.84. The molecule has 8 nitrogen and oxygen atoms in total. The zero-order valence-electron chi connectivity index (χ0n) is 10.7. The fourth-order valence-electron chi connectivity index (χ4n) is 2.75. The Bertz CT molecular complexity index is 396. The molecule has 0 amide bonds. The number of aliphatic hydroxyl groups is 2. The number of aliphatic hydroxyl groups excluding tert-OH is 2. The average molecular weight is 295 g/mol. The molecule has 2 fully saturated rings. The van der Waals surface area contributed by atoms with Gasteiger partial charge in [-0.05, 0) is 6.42 Å². The van der Waals surface area contributed by atoms with Crippen molar-refractivity contribution in [2.45, 2.75) is 17.9 Å². The van der Waals surface area contributed by atoms with Crippen LogP contribution in [0.5, 0.6) is 0 Å². The molecule has 1 unspecified atom stereocenters. The van der Waals surface area contributed by atoms with Crippen LogP contribution < -0.4 is 0 Å². The fourth-order valence-corrected chi connectivity index (χ4v) is 3.83. The normalized spacial score (nSPS) is 31.9. The van der Waals surface area contributed by atoms with Crippen molar-refractivity contribution < 1.29 is 23.2 Å². The predicted octanol–water partition coefficient (Wildman–Crippen LogP) is -2.21. The first-order valence-electron chi connectivity index (χ1n) is 6.42. The van der Waals surface area contributed by atoms with Crippen LogP contribution in [0.4, 0.5) is 0 Å². The van der Waals surface area contributed by atoms with Crippen LogP contribution in [0.1, 0.15) is 6.42 Å². The molecule has 0 saturated carbocycles. The largest absolute Gasteiger partial charge is 0.395 e. The van der Waals surface area contributed by atoms with Gasteiger partial charge in [-0.25, -0.2) is 10.0 Å². The molecule has 2 aliphatic rings. The van der Waals surface area contributed by atoms with E-state index < -0.39 is 21.6 Å². The van der Waals surface area contributed by atoms with Gasteiger partial charge in [-0.3, -0.25) is 9.45 Å². The first-order chi connectivity index (χ1) is 8.93. The lowest BCUT2D eigenvalue weighted by atomic mass is 10.3. The molecule has 2 rings (SSSR count). The number of piperazine rings is 1. The predicted molar refractivity (Wildman–Crippen MR) is 67.8 cm³/mol. The Hall–Kier alpha value is -0.290. The minimum Gasteiger partial charge on any atom is -0.395 e. The summed E-state index contributed by atoms with van der Waals surface area (Å²) in [5.41, 5.74) is 0. The van der Waals surface area contributed by atoms with Crippen molar-refractivity contribution in [1.82, 2.24) is 14.9 Å². The lowest BCUT2D eigenvalue weighted by Gasteiger charge is -2.41. The zero-order chi connectivity index (χ0) is 14.0. The second kappa shape index (κ2) is 6.00. The number of hydrazine groups is 1. The molecule has 0 aromatic carbocycles. The Kier molecular flexibility index (Phi) is 4.77. The highest BCUT2D eigenvalue weighted by molar-refractivity contribution is 7.86. The maximum absolute atomic E-state index is 11.3. The highest BCUT2D eigenvalue weighted by Crippen LogP contribution is 2.24. The molecule has 0 aliphatic carbocycles. The number of hydrogen-bond donors (Lipinski definition) is 3. The van der Waals surface area contributed by atoms with Crippen LogP contribution in [0.3, 0.4) is 0 Å². The van der Waals surface area contributed by atoms with Crippen LogP contribution in [0.15, 0.2) is 0 Å². The van der Waals surface area contributed by atoms with Gasteiger partial charge in [-0.1, -0.05) is 0 Å². The topological polar surface area (TPSA) is 105 Å². The van der Waals surface area contributed by atoms with Crippen molar-refractivity contribution in [3.05, 3.63) is 0 Å². The Balaban J connectivity index is 1.99. The van der Waals surface area contributed by atoms with Crippen LogP contribution in [-0.4, -0.2) is 95.5 Å². The van der Waals surface area contributed by atoms with E-state index in [1.54, 1.807) is 5.01 Å². The fraction of sp³-hybridized carbons (Fsp3) is 1.00. The van der Waals surface area contributed by atoms with Gasteiger partial charge in [0.05, 0.1) is 12.7 Å². The molecule has 0 radical (unpaired) electrons. The highest BCUT2D eigenvalue weighted by atomic mass is 32.2. The molecule has 3 N–H and O–H groups in total. The van der Waals surface area contributed by atoms with E-state index in [0.717, 1.165) is 13.1 Å². The second-order valence-electron chi connectivity index (χ2n) is 4.94. The van der Waals surface area contributed by atoms with Gasteiger partial charge < -0.3 is 10.2 Å². The van der Waals surface area contributed by atoms with Crippen molar-refractivity contribution >= 4 is 10.1 Å². The van der Waals surface area contributed by atoms with Crippen LogP contribution in [0.25, 0.3) is 0 Å².